The van der Waals surface area contributed by atoms with Gasteiger partial charge >= 0.3 is 5.97 Å². The molecular formula is C26H21ClINO4. The zero-order valence-corrected chi connectivity index (χ0v) is 21.0. The number of rotatable bonds is 7. The van der Waals surface area contributed by atoms with Gasteiger partial charge in [-0.05, 0) is 77.9 Å². The second-order valence-corrected chi connectivity index (χ2v) is 8.86. The minimum Gasteiger partial charge on any atom is -0.490 e. The minimum atomic E-state index is -0.513. The summed E-state index contributed by atoms with van der Waals surface area (Å²) in [6.07, 6.45) is 1.63. The Hall–Kier alpha value is -2.84. The lowest BCUT2D eigenvalue weighted by molar-refractivity contribution is -0.129. The predicted octanol–water partition coefficient (Wildman–Crippen LogP) is 6.58. The molecule has 0 aromatic heterocycles. The van der Waals surface area contributed by atoms with Crippen LogP contribution in [0.15, 0.2) is 71.4 Å². The smallest absolute Gasteiger partial charge is 0.363 e. The van der Waals surface area contributed by atoms with Crippen LogP contribution in [0.2, 0.25) is 5.02 Å². The number of nitrogens with zero attached hydrogens (tertiary/aromatic N) is 1. The Morgan fingerprint density at radius 3 is 2.61 bits per heavy atom. The molecule has 7 heteroatoms. The highest BCUT2D eigenvalue weighted by Crippen LogP contribution is 2.38. The number of halogens is 2. The molecule has 3 aromatic rings. The number of carbonyl (C=O) groups excluding carboxylic acids is 1. The Kier molecular flexibility index (Phi) is 7.35. The number of aliphatic imine (C=N–C) groups is 1. The average molecular weight is 574 g/mol. The molecular weight excluding hydrogens is 553 g/mol. The fraction of sp³-hybridized carbons (Fsp3) is 0.154. The van der Waals surface area contributed by atoms with Crippen LogP contribution in [-0.2, 0) is 16.1 Å². The number of ether oxygens (including phenoxy) is 3. The lowest BCUT2D eigenvalue weighted by Gasteiger charge is -2.15. The van der Waals surface area contributed by atoms with Crippen molar-refractivity contribution in [3.63, 3.8) is 0 Å². The number of hydrogen-bond acceptors (Lipinski definition) is 5. The van der Waals surface area contributed by atoms with E-state index in [4.69, 9.17) is 25.8 Å². The van der Waals surface area contributed by atoms with Crippen molar-refractivity contribution in [2.45, 2.75) is 20.5 Å². The van der Waals surface area contributed by atoms with Gasteiger partial charge in [0.25, 0.3) is 0 Å². The first-order valence-corrected chi connectivity index (χ1v) is 11.8. The van der Waals surface area contributed by atoms with E-state index < -0.39 is 5.97 Å². The fourth-order valence-electron chi connectivity index (χ4n) is 3.33. The summed E-state index contributed by atoms with van der Waals surface area (Å²) in [5.41, 5.74) is 3.66. The van der Waals surface area contributed by atoms with Crippen LogP contribution >= 0.6 is 34.2 Å². The maximum Gasteiger partial charge on any atom is 0.363 e. The number of aryl methyl sites for hydroxylation is 1. The van der Waals surface area contributed by atoms with E-state index in [1.165, 1.54) is 0 Å². The Bertz CT molecular complexity index is 1270. The van der Waals surface area contributed by atoms with Gasteiger partial charge in [-0.15, -0.1) is 0 Å². The molecule has 5 nitrogen and oxygen atoms in total. The Balaban J connectivity index is 1.63. The molecule has 1 aliphatic heterocycles. The summed E-state index contributed by atoms with van der Waals surface area (Å²) >= 11 is 8.83. The molecule has 1 aliphatic rings. The van der Waals surface area contributed by atoms with Crippen LogP contribution in [0.1, 0.15) is 29.2 Å². The molecule has 0 bridgehead atoms. The van der Waals surface area contributed by atoms with Crippen LogP contribution in [0, 0.1) is 10.5 Å². The first kappa shape index (κ1) is 23.3. The SMILES string of the molecule is CCOc1cc(/C=C2\N=C(c3ccccc3C)OC2=O)cc(Cl)c1OCc1ccccc1I. The van der Waals surface area contributed by atoms with Gasteiger partial charge < -0.3 is 14.2 Å². The average Bonchev–Trinajstić information content (AvgIpc) is 3.14. The molecule has 0 spiro atoms. The summed E-state index contributed by atoms with van der Waals surface area (Å²) in [5, 5.41) is 0.383. The predicted molar refractivity (Wildman–Crippen MR) is 138 cm³/mol. The number of hydrogen-bond donors (Lipinski definition) is 0. The Morgan fingerprint density at radius 1 is 1.09 bits per heavy atom. The molecule has 0 saturated heterocycles. The monoisotopic (exact) mass is 573 g/mol. The number of esters is 1. The van der Waals surface area contributed by atoms with Gasteiger partial charge in [0.2, 0.25) is 5.90 Å². The van der Waals surface area contributed by atoms with Crippen molar-refractivity contribution in [1.82, 2.24) is 0 Å². The zero-order valence-electron chi connectivity index (χ0n) is 18.1. The quantitative estimate of drug-likeness (QED) is 0.182. The number of cyclic esters (lactones) is 1. The fourth-order valence-corrected chi connectivity index (χ4v) is 4.15. The summed E-state index contributed by atoms with van der Waals surface area (Å²) in [6, 6.07) is 19.1. The third-order valence-corrected chi connectivity index (χ3v) is 6.29. The number of carbonyl (C=O) groups is 1. The summed E-state index contributed by atoms with van der Waals surface area (Å²) in [6.45, 7) is 4.62. The maximum absolute atomic E-state index is 12.4. The highest BCUT2D eigenvalue weighted by Gasteiger charge is 2.25. The molecule has 33 heavy (non-hydrogen) atoms. The van der Waals surface area contributed by atoms with E-state index in [-0.39, 0.29) is 11.6 Å². The van der Waals surface area contributed by atoms with Crippen LogP contribution in [0.5, 0.6) is 11.5 Å². The van der Waals surface area contributed by atoms with Crippen LogP contribution in [0.4, 0.5) is 0 Å². The maximum atomic E-state index is 12.4. The van der Waals surface area contributed by atoms with Crippen molar-refractivity contribution in [2.75, 3.05) is 6.61 Å². The van der Waals surface area contributed by atoms with Crippen molar-refractivity contribution in [3.05, 3.63) is 97.2 Å². The van der Waals surface area contributed by atoms with E-state index >= 15 is 0 Å². The van der Waals surface area contributed by atoms with Gasteiger partial charge in [-0.25, -0.2) is 9.79 Å². The third kappa shape index (κ3) is 5.39. The highest BCUT2D eigenvalue weighted by atomic mass is 127. The van der Waals surface area contributed by atoms with Gasteiger partial charge in [0, 0.05) is 14.7 Å². The van der Waals surface area contributed by atoms with Crippen molar-refractivity contribution in [2.24, 2.45) is 4.99 Å². The van der Waals surface area contributed by atoms with E-state index in [0.29, 0.717) is 35.3 Å². The van der Waals surface area contributed by atoms with Gasteiger partial charge in [0.05, 0.1) is 11.6 Å². The molecule has 3 aromatic carbocycles. The summed E-state index contributed by atoms with van der Waals surface area (Å²) in [5.74, 6) is 0.731. The van der Waals surface area contributed by atoms with Crippen molar-refractivity contribution in [1.29, 1.82) is 0 Å². The molecule has 168 valence electrons. The van der Waals surface area contributed by atoms with E-state index in [0.717, 1.165) is 20.3 Å². The summed E-state index contributed by atoms with van der Waals surface area (Å²) in [4.78, 5) is 16.8. The van der Waals surface area contributed by atoms with Crippen molar-refractivity contribution < 1.29 is 19.0 Å². The second kappa shape index (κ2) is 10.4. The molecule has 0 aliphatic carbocycles. The van der Waals surface area contributed by atoms with E-state index in [1.54, 1.807) is 18.2 Å². The third-order valence-electron chi connectivity index (χ3n) is 4.96. The molecule has 0 saturated carbocycles. The van der Waals surface area contributed by atoms with Crippen molar-refractivity contribution >= 4 is 52.1 Å². The Labute approximate surface area is 211 Å². The molecule has 0 unspecified atom stereocenters. The standard InChI is InChI=1S/C26H21ClINO4/c1-3-31-23-14-17(12-20(27)24(23)32-15-18-9-5-7-11-21(18)28)13-22-26(30)33-25(29-22)19-10-6-4-8-16(19)2/h4-14H,3,15H2,1-2H3/b22-13-. The van der Waals surface area contributed by atoms with Crippen LogP contribution in [-0.4, -0.2) is 18.5 Å². The van der Waals surface area contributed by atoms with Crippen molar-refractivity contribution in [3.8, 4) is 11.5 Å². The van der Waals surface area contributed by atoms with Crippen LogP contribution < -0.4 is 9.47 Å². The van der Waals surface area contributed by atoms with E-state index in [2.05, 4.69) is 27.6 Å². The van der Waals surface area contributed by atoms with Gasteiger partial charge in [-0.1, -0.05) is 48.0 Å². The molecule has 1 heterocycles. The lowest BCUT2D eigenvalue weighted by Crippen LogP contribution is -2.06. The minimum absolute atomic E-state index is 0.194. The van der Waals surface area contributed by atoms with E-state index in [9.17, 15) is 4.79 Å². The summed E-state index contributed by atoms with van der Waals surface area (Å²) in [7, 11) is 0. The molecule has 0 fully saturated rings. The number of benzene rings is 3. The van der Waals surface area contributed by atoms with E-state index in [1.807, 2.05) is 62.4 Å². The Morgan fingerprint density at radius 2 is 1.85 bits per heavy atom. The zero-order chi connectivity index (χ0) is 23.4. The van der Waals surface area contributed by atoms with Gasteiger partial charge in [0.15, 0.2) is 17.2 Å². The first-order chi connectivity index (χ1) is 16.0. The first-order valence-electron chi connectivity index (χ1n) is 10.4. The lowest BCUT2D eigenvalue weighted by atomic mass is 10.1. The topological polar surface area (TPSA) is 57.1 Å². The van der Waals surface area contributed by atoms with Gasteiger partial charge in [0.1, 0.15) is 6.61 Å². The van der Waals surface area contributed by atoms with Crippen LogP contribution in [0.3, 0.4) is 0 Å². The largest absolute Gasteiger partial charge is 0.490 e. The molecule has 0 radical (unpaired) electrons. The molecule has 4 rings (SSSR count). The molecule has 0 amide bonds. The van der Waals surface area contributed by atoms with Crippen LogP contribution in [0.25, 0.3) is 6.08 Å². The normalized spacial score (nSPS) is 14.2. The molecule has 0 N–H and O–H groups in total. The highest BCUT2D eigenvalue weighted by molar-refractivity contribution is 14.1. The second-order valence-electron chi connectivity index (χ2n) is 7.29. The molecule has 0 atom stereocenters. The van der Waals surface area contributed by atoms with Gasteiger partial charge in [-0.3, -0.25) is 0 Å². The summed E-state index contributed by atoms with van der Waals surface area (Å²) < 4.78 is 18.3. The van der Waals surface area contributed by atoms with Gasteiger partial charge in [-0.2, -0.15) is 0 Å².